The van der Waals surface area contributed by atoms with E-state index in [2.05, 4.69) is 6.07 Å². The Morgan fingerprint density at radius 3 is 2.43 bits per heavy atom. The molecule has 2 amide bonds. The second-order valence-electron chi connectivity index (χ2n) is 5.28. The van der Waals surface area contributed by atoms with E-state index in [4.69, 9.17) is 10.00 Å². The first-order valence-corrected chi connectivity index (χ1v) is 7.02. The fourth-order valence-corrected chi connectivity index (χ4v) is 2.33. The minimum Gasteiger partial charge on any atom is -0.492 e. The van der Waals surface area contributed by atoms with Crippen LogP contribution in [-0.4, -0.2) is 29.9 Å². The van der Waals surface area contributed by atoms with Gasteiger partial charge < -0.3 is 4.74 Å². The van der Waals surface area contributed by atoms with Crippen LogP contribution in [0, 0.1) is 17.2 Å². The smallest absolute Gasteiger partial charge is 0.229 e. The number of carbonyl (C=O) groups is 2. The van der Waals surface area contributed by atoms with Gasteiger partial charge in [-0.15, -0.1) is 0 Å². The molecule has 1 aliphatic heterocycles. The summed E-state index contributed by atoms with van der Waals surface area (Å²) in [5, 5.41) is 8.59. The lowest BCUT2D eigenvalue weighted by molar-refractivity contribution is -0.150. The van der Waals surface area contributed by atoms with E-state index in [1.165, 1.54) is 4.90 Å². The summed E-state index contributed by atoms with van der Waals surface area (Å²) < 4.78 is 5.54. The fraction of sp³-hybridized carbons (Fsp3) is 0.438. The Balaban J connectivity index is 1.82. The molecule has 0 unspecified atom stereocenters. The zero-order valence-corrected chi connectivity index (χ0v) is 12.0. The Bertz CT molecular complexity index is 542. The Labute approximate surface area is 124 Å². The van der Waals surface area contributed by atoms with Crippen LogP contribution in [0.5, 0.6) is 5.75 Å². The largest absolute Gasteiger partial charge is 0.492 e. The highest BCUT2D eigenvalue weighted by molar-refractivity contribution is 5.97. The van der Waals surface area contributed by atoms with E-state index in [1.54, 1.807) is 12.1 Å². The zero-order valence-electron chi connectivity index (χ0n) is 12.0. The number of hydrogen-bond donors (Lipinski definition) is 0. The van der Waals surface area contributed by atoms with Crippen LogP contribution in [0.4, 0.5) is 0 Å². The molecule has 0 spiro atoms. The van der Waals surface area contributed by atoms with Crippen LogP contribution in [0.25, 0.3) is 0 Å². The first-order valence-electron chi connectivity index (χ1n) is 7.02. The maximum atomic E-state index is 11.8. The SMILES string of the molecule is CC1CC(=O)N(CCOc2ccc(CC#N)cc2)C(=O)C1. The number of nitriles is 1. The van der Waals surface area contributed by atoms with E-state index in [-0.39, 0.29) is 30.9 Å². The summed E-state index contributed by atoms with van der Waals surface area (Å²) >= 11 is 0. The van der Waals surface area contributed by atoms with Gasteiger partial charge in [0.1, 0.15) is 12.4 Å². The predicted molar refractivity (Wildman–Crippen MR) is 76.4 cm³/mol. The molecule has 0 aliphatic carbocycles. The van der Waals surface area contributed by atoms with Crippen LogP contribution in [-0.2, 0) is 16.0 Å². The number of carbonyl (C=O) groups excluding carboxylic acids is 2. The molecule has 0 radical (unpaired) electrons. The molecule has 0 N–H and O–H groups in total. The van der Waals surface area contributed by atoms with E-state index >= 15 is 0 Å². The molecule has 5 nitrogen and oxygen atoms in total. The first kappa shape index (κ1) is 15.0. The molecule has 2 rings (SSSR count). The van der Waals surface area contributed by atoms with Gasteiger partial charge in [0.2, 0.25) is 11.8 Å². The maximum absolute atomic E-state index is 11.8. The molecule has 0 bridgehead atoms. The van der Waals surface area contributed by atoms with E-state index < -0.39 is 0 Å². The molecule has 5 heteroatoms. The summed E-state index contributed by atoms with van der Waals surface area (Å²) in [4.78, 5) is 24.9. The Hall–Kier alpha value is -2.35. The van der Waals surface area contributed by atoms with Gasteiger partial charge in [-0.2, -0.15) is 5.26 Å². The summed E-state index contributed by atoms with van der Waals surface area (Å²) in [5.41, 5.74) is 0.931. The molecule has 1 fully saturated rings. The summed E-state index contributed by atoms with van der Waals surface area (Å²) in [6.45, 7) is 2.47. The minimum atomic E-state index is -0.119. The highest BCUT2D eigenvalue weighted by Crippen LogP contribution is 2.19. The lowest BCUT2D eigenvalue weighted by Gasteiger charge is -2.28. The molecule has 0 aromatic heterocycles. The fourth-order valence-electron chi connectivity index (χ4n) is 2.33. The van der Waals surface area contributed by atoms with Crippen molar-refractivity contribution in [2.75, 3.05) is 13.2 Å². The van der Waals surface area contributed by atoms with Crippen LogP contribution in [0.2, 0.25) is 0 Å². The van der Waals surface area contributed by atoms with Gasteiger partial charge in [0.25, 0.3) is 0 Å². The van der Waals surface area contributed by atoms with Gasteiger partial charge in [-0.05, 0) is 23.6 Å². The molecular formula is C16H18N2O3. The number of likely N-dealkylation sites (tertiary alicyclic amines) is 1. The summed E-state index contributed by atoms with van der Waals surface area (Å²) in [5.74, 6) is 0.565. The molecule has 21 heavy (non-hydrogen) atoms. The Morgan fingerprint density at radius 1 is 1.24 bits per heavy atom. The minimum absolute atomic E-state index is 0.119. The number of rotatable bonds is 5. The number of imide groups is 1. The Morgan fingerprint density at radius 2 is 1.86 bits per heavy atom. The summed E-state index contributed by atoms with van der Waals surface area (Å²) in [7, 11) is 0. The van der Waals surface area contributed by atoms with Gasteiger partial charge in [-0.3, -0.25) is 14.5 Å². The molecular weight excluding hydrogens is 268 g/mol. The number of amides is 2. The van der Waals surface area contributed by atoms with Crippen molar-refractivity contribution in [3.05, 3.63) is 29.8 Å². The quantitative estimate of drug-likeness (QED) is 0.775. The third kappa shape index (κ3) is 4.06. The molecule has 1 aliphatic rings. The van der Waals surface area contributed by atoms with Crippen molar-refractivity contribution in [2.24, 2.45) is 5.92 Å². The van der Waals surface area contributed by atoms with Crippen molar-refractivity contribution in [1.82, 2.24) is 4.90 Å². The topological polar surface area (TPSA) is 70.4 Å². The molecule has 1 heterocycles. The van der Waals surface area contributed by atoms with Crippen LogP contribution < -0.4 is 4.74 Å². The number of nitrogens with zero attached hydrogens (tertiary/aromatic N) is 2. The first-order chi connectivity index (χ1) is 10.1. The van der Waals surface area contributed by atoms with Gasteiger partial charge >= 0.3 is 0 Å². The van der Waals surface area contributed by atoms with Crippen molar-refractivity contribution in [3.8, 4) is 11.8 Å². The maximum Gasteiger partial charge on any atom is 0.229 e. The molecule has 0 saturated carbocycles. The lowest BCUT2D eigenvalue weighted by Crippen LogP contribution is -2.44. The van der Waals surface area contributed by atoms with Crippen LogP contribution in [0.15, 0.2) is 24.3 Å². The third-order valence-electron chi connectivity index (χ3n) is 3.44. The second kappa shape index (κ2) is 6.89. The van der Waals surface area contributed by atoms with E-state index in [1.807, 2.05) is 19.1 Å². The van der Waals surface area contributed by atoms with Crippen LogP contribution in [0.3, 0.4) is 0 Å². The van der Waals surface area contributed by atoms with Crippen molar-refractivity contribution >= 4 is 11.8 Å². The normalized spacial score (nSPS) is 15.9. The number of piperidine rings is 1. The molecule has 1 aromatic rings. The van der Waals surface area contributed by atoms with Crippen LogP contribution >= 0.6 is 0 Å². The molecule has 1 aromatic carbocycles. The van der Waals surface area contributed by atoms with Gasteiger partial charge in [0.05, 0.1) is 19.0 Å². The summed E-state index contributed by atoms with van der Waals surface area (Å²) in [6.07, 6.45) is 1.22. The number of ether oxygens (including phenoxy) is 1. The Kier molecular flexibility index (Phi) is 4.94. The summed E-state index contributed by atoms with van der Waals surface area (Å²) in [6, 6.07) is 9.31. The molecule has 110 valence electrons. The van der Waals surface area contributed by atoms with Crippen molar-refractivity contribution in [2.45, 2.75) is 26.2 Å². The zero-order chi connectivity index (χ0) is 15.2. The molecule has 1 saturated heterocycles. The van der Waals surface area contributed by atoms with E-state index in [9.17, 15) is 9.59 Å². The van der Waals surface area contributed by atoms with Crippen molar-refractivity contribution < 1.29 is 14.3 Å². The van der Waals surface area contributed by atoms with Gasteiger partial charge in [-0.1, -0.05) is 19.1 Å². The van der Waals surface area contributed by atoms with Crippen molar-refractivity contribution in [3.63, 3.8) is 0 Å². The standard InChI is InChI=1S/C16H18N2O3/c1-12-10-15(19)18(16(20)11-12)8-9-21-14-4-2-13(3-5-14)6-7-17/h2-5,12H,6,8-11H2,1H3. The third-order valence-corrected chi connectivity index (χ3v) is 3.44. The van der Waals surface area contributed by atoms with Crippen molar-refractivity contribution in [1.29, 1.82) is 5.26 Å². The average molecular weight is 286 g/mol. The van der Waals surface area contributed by atoms with Gasteiger partial charge in [0.15, 0.2) is 0 Å². The molecule has 0 atom stereocenters. The predicted octanol–water partition coefficient (Wildman–Crippen LogP) is 1.92. The lowest BCUT2D eigenvalue weighted by atomic mass is 9.98. The van der Waals surface area contributed by atoms with E-state index in [0.717, 1.165) is 5.56 Å². The van der Waals surface area contributed by atoms with Gasteiger partial charge in [0, 0.05) is 12.8 Å². The monoisotopic (exact) mass is 286 g/mol. The highest BCUT2D eigenvalue weighted by atomic mass is 16.5. The van der Waals surface area contributed by atoms with Gasteiger partial charge in [-0.25, -0.2) is 0 Å². The average Bonchev–Trinajstić information content (AvgIpc) is 2.44. The number of benzene rings is 1. The van der Waals surface area contributed by atoms with Crippen LogP contribution in [0.1, 0.15) is 25.3 Å². The second-order valence-corrected chi connectivity index (χ2v) is 5.28. The number of hydrogen-bond acceptors (Lipinski definition) is 4. The van der Waals surface area contributed by atoms with E-state index in [0.29, 0.717) is 25.0 Å². The highest BCUT2D eigenvalue weighted by Gasteiger charge is 2.29.